The molecule has 0 spiro atoms. The van der Waals surface area contributed by atoms with E-state index in [1.54, 1.807) is 0 Å². The number of rotatable bonds is 3. The van der Waals surface area contributed by atoms with E-state index in [9.17, 15) is 0 Å². The Morgan fingerprint density at radius 2 is 2.07 bits per heavy atom. The fraction of sp³-hybridized carbons (Fsp3) is 0.167. The lowest BCUT2D eigenvalue weighted by Gasteiger charge is -1.97. The quantitative estimate of drug-likeness (QED) is 0.752. The molecule has 15 heavy (non-hydrogen) atoms. The molecule has 0 bridgehead atoms. The second-order valence-corrected chi connectivity index (χ2v) is 3.28. The zero-order valence-electron chi connectivity index (χ0n) is 8.35. The van der Waals surface area contributed by atoms with Crippen LogP contribution in [0.3, 0.4) is 0 Å². The topological polar surface area (TPSA) is 43.5 Å². The Bertz CT molecular complexity index is 465. The van der Waals surface area contributed by atoms with Crippen molar-refractivity contribution in [1.82, 2.24) is 4.98 Å². The molecule has 1 heterocycles. The van der Waals surface area contributed by atoms with Crippen LogP contribution in [0.5, 0.6) is 0 Å². The van der Waals surface area contributed by atoms with E-state index < -0.39 is 0 Å². The largest absolute Gasteiger partial charge is 0.286 e. The van der Waals surface area contributed by atoms with E-state index in [0.717, 1.165) is 17.9 Å². The van der Waals surface area contributed by atoms with E-state index >= 15 is 0 Å². The lowest BCUT2D eigenvalue weighted by molar-refractivity contribution is -0.683. The van der Waals surface area contributed by atoms with Crippen molar-refractivity contribution in [3.63, 3.8) is 0 Å². The summed E-state index contributed by atoms with van der Waals surface area (Å²) in [4.78, 5) is 3.18. The smallest absolute Gasteiger partial charge is 0.243 e. The van der Waals surface area contributed by atoms with E-state index in [-0.39, 0.29) is 0 Å². The molecule has 1 aromatic carbocycles. The van der Waals surface area contributed by atoms with Crippen LogP contribution in [0.1, 0.15) is 6.42 Å². The van der Waals surface area contributed by atoms with Crippen molar-refractivity contribution in [2.24, 2.45) is 0 Å². The van der Waals surface area contributed by atoms with Gasteiger partial charge in [-0.3, -0.25) is 0 Å². The first-order valence-electron chi connectivity index (χ1n) is 4.91. The fourth-order valence-electron chi connectivity index (χ4n) is 1.57. The van der Waals surface area contributed by atoms with Gasteiger partial charge in [0, 0.05) is 0 Å². The molecule has 0 radical (unpaired) electrons. The van der Waals surface area contributed by atoms with Crippen molar-refractivity contribution >= 4 is 0 Å². The van der Waals surface area contributed by atoms with Crippen molar-refractivity contribution in [2.75, 3.05) is 0 Å². The van der Waals surface area contributed by atoms with Crippen LogP contribution in [0, 0.1) is 11.3 Å². The number of H-pyrrole nitrogens is 1. The first-order valence-corrected chi connectivity index (χ1v) is 4.91. The van der Waals surface area contributed by atoms with Gasteiger partial charge in [-0.05, 0) is 12.1 Å². The van der Waals surface area contributed by atoms with Gasteiger partial charge in [0.05, 0.1) is 18.1 Å². The number of aromatic nitrogens is 2. The monoisotopic (exact) mass is 198 g/mol. The van der Waals surface area contributed by atoms with Crippen LogP contribution < -0.4 is 4.57 Å². The first kappa shape index (κ1) is 9.47. The number of hydrogen-bond acceptors (Lipinski definition) is 1. The van der Waals surface area contributed by atoms with E-state index in [4.69, 9.17) is 5.26 Å². The molecule has 0 aliphatic heterocycles. The molecule has 3 nitrogen and oxygen atoms in total. The Morgan fingerprint density at radius 1 is 1.27 bits per heavy atom. The number of aromatic amines is 1. The van der Waals surface area contributed by atoms with Gasteiger partial charge in [-0.15, -0.1) is 0 Å². The van der Waals surface area contributed by atoms with Gasteiger partial charge in [-0.2, -0.15) is 5.26 Å². The van der Waals surface area contributed by atoms with Crippen LogP contribution in [0.2, 0.25) is 0 Å². The van der Waals surface area contributed by atoms with Gasteiger partial charge >= 0.3 is 0 Å². The Morgan fingerprint density at radius 3 is 2.80 bits per heavy atom. The predicted molar refractivity (Wildman–Crippen MR) is 56.7 cm³/mol. The van der Waals surface area contributed by atoms with E-state index in [2.05, 4.69) is 27.8 Å². The molecule has 1 aromatic heterocycles. The van der Waals surface area contributed by atoms with Gasteiger partial charge in [-0.25, -0.2) is 9.55 Å². The predicted octanol–water partition coefficient (Wildman–Crippen LogP) is 1.88. The molecule has 3 heteroatoms. The minimum atomic E-state index is 0.530. The van der Waals surface area contributed by atoms with Crippen LogP contribution in [-0.2, 0) is 6.54 Å². The molecule has 0 fully saturated rings. The highest BCUT2D eigenvalue weighted by Gasteiger charge is 2.11. The number of benzene rings is 1. The third kappa shape index (κ3) is 2.05. The van der Waals surface area contributed by atoms with Gasteiger partial charge in [-0.1, -0.05) is 18.2 Å². The van der Waals surface area contributed by atoms with Crippen LogP contribution >= 0.6 is 0 Å². The highest BCUT2D eigenvalue weighted by Crippen LogP contribution is 2.11. The molecule has 2 rings (SSSR count). The van der Waals surface area contributed by atoms with Crippen molar-refractivity contribution < 1.29 is 4.57 Å². The Kier molecular flexibility index (Phi) is 2.80. The number of imidazole rings is 1. The lowest BCUT2D eigenvalue weighted by atomic mass is 10.2. The molecular formula is C12H12N3+. The van der Waals surface area contributed by atoms with Gasteiger partial charge < -0.3 is 0 Å². The Labute approximate surface area is 88.6 Å². The summed E-state index contributed by atoms with van der Waals surface area (Å²) < 4.78 is 2.05. The zero-order valence-corrected chi connectivity index (χ0v) is 8.35. The van der Waals surface area contributed by atoms with Crippen molar-refractivity contribution in [3.05, 3.63) is 42.7 Å². The van der Waals surface area contributed by atoms with Crippen LogP contribution in [0.15, 0.2) is 42.7 Å². The summed E-state index contributed by atoms with van der Waals surface area (Å²) in [6, 6.07) is 12.3. The first-order chi connectivity index (χ1) is 7.42. The third-order valence-electron chi connectivity index (χ3n) is 2.27. The minimum Gasteiger partial charge on any atom is -0.243 e. The molecular weight excluding hydrogens is 186 g/mol. The molecule has 2 aromatic rings. The SMILES string of the molecule is N#CCC[n+]1cc[nH]c1-c1ccccc1. The molecule has 0 saturated carbocycles. The lowest BCUT2D eigenvalue weighted by Crippen LogP contribution is -2.33. The maximum Gasteiger partial charge on any atom is 0.286 e. The minimum absolute atomic E-state index is 0.530. The molecule has 0 unspecified atom stereocenters. The molecule has 74 valence electrons. The van der Waals surface area contributed by atoms with Gasteiger partial charge in [0.2, 0.25) is 0 Å². The van der Waals surface area contributed by atoms with Crippen molar-refractivity contribution in [2.45, 2.75) is 13.0 Å². The second-order valence-electron chi connectivity index (χ2n) is 3.28. The number of aryl methyl sites for hydroxylation is 1. The summed E-state index contributed by atoms with van der Waals surface area (Å²) in [5.41, 5.74) is 1.14. The molecule has 0 saturated heterocycles. The second kappa shape index (κ2) is 4.43. The van der Waals surface area contributed by atoms with Gasteiger partial charge in [0.1, 0.15) is 18.9 Å². The maximum absolute atomic E-state index is 8.55. The van der Waals surface area contributed by atoms with Crippen molar-refractivity contribution in [1.29, 1.82) is 5.26 Å². The Hall–Kier alpha value is -2.08. The van der Waals surface area contributed by atoms with Gasteiger partial charge in [0.25, 0.3) is 5.82 Å². The van der Waals surface area contributed by atoms with Crippen molar-refractivity contribution in [3.8, 4) is 17.5 Å². The summed E-state index contributed by atoms with van der Waals surface area (Å²) in [5, 5.41) is 8.55. The normalized spacial score (nSPS) is 9.80. The highest BCUT2D eigenvalue weighted by molar-refractivity contribution is 5.51. The summed E-state index contributed by atoms with van der Waals surface area (Å²) in [7, 11) is 0. The van der Waals surface area contributed by atoms with E-state index in [0.29, 0.717) is 6.42 Å². The average molecular weight is 198 g/mol. The Balaban J connectivity index is 2.30. The molecule has 0 atom stereocenters. The summed E-state index contributed by atoms with van der Waals surface area (Å²) in [5.74, 6) is 1.05. The van der Waals surface area contributed by atoms with E-state index in [1.165, 1.54) is 0 Å². The number of nitrogens with one attached hydrogen (secondary N) is 1. The summed E-state index contributed by atoms with van der Waals surface area (Å²) in [6.07, 6.45) is 4.38. The summed E-state index contributed by atoms with van der Waals surface area (Å²) >= 11 is 0. The molecule has 0 amide bonds. The van der Waals surface area contributed by atoms with Gasteiger partial charge in [0.15, 0.2) is 0 Å². The van der Waals surface area contributed by atoms with Crippen LogP contribution in [0.4, 0.5) is 0 Å². The number of hydrogen-bond donors (Lipinski definition) is 1. The standard InChI is InChI=1S/C12H11N3/c13-7-4-9-15-10-8-14-12(15)11-5-2-1-3-6-11/h1-3,5-6,8,10H,4,9H2/p+1. The molecule has 1 N–H and O–H groups in total. The zero-order chi connectivity index (χ0) is 10.5. The maximum atomic E-state index is 8.55. The number of nitriles is 1. The average Bonchev–Trinajstić information content (AvgIpc) is 2.75. The molecule has 0 aliphatic rings. The number of nitrogens with zero attached hydrogens (tertiary/aromatic N) is 2. The summed E-state index contributed by atoms with van der Waals surface area (Å²) in [6.45, 7) is 0.726. The van der Waals surface area contributed by atoms with Crippen LogP contribution in [-0.4, -0.2) is 4.98 Å². The third-order valence-corrected chi connectivity index (χ3v) is 2.27. The van der Waals surface area contributed by atoms with Crippen LogP contribution in [0.25, 0.3) is 11.4 Å². The molecule has 0 aliphatic carbocycles. The fourth-order valence-corrected chi connectivity index (χ4v) is 1.57. The van der Waals surface area contributed by atoms with E-state index in [1.807, 2.05) is 30.6 Å². The highest BCUT2D eigenvalue weighted by atomic mass is 15.1.